The standard InChI is InChI=1S/C18H22N2O5S2/c1-13-4-8-16(9-5-13)26(22,23)19-12-18(15(3)21)20-27(24,25)17-10-6-14(2)7-11-17/h4-11,18-20H,12H2,1-3H3. The molecule has 0 saturated carbocycles. The molecule has 0 spiro atoms. The van der Waals surface area contributed by atoms with Crippen molar-refractivity contribution in [1.82, 2.24) is 9.44 Å². The van der Waals surface area contributed by atoms with Gasteiger partial charge in [-0.1, -0.05) is 35.4 Å². The second-order valence-electron chi connectivity index (χ2n) is 6.26. The van der Waals surface area contributed by atoms with Gasteiger partial charge in [0.15, 0.2) is 0 Å². The number of hydrogen-bond acceptors (Lipinski definition) is 5. The third-order valence-corrected chi connectivity index (χ3v) is 6.86. The van der Waals surface area contributed by atoms with E-state index in [-0.39, 0.29) is 9.79 Å². The maximum absolute atomic E-state index is 12.4. The molecule has 9 heteroatoms. The van der Waals surface area contributed by atoms with Gasteiger partial charge in [-0.15, -0.1) is 0 Å². The van der Waals surface area contributed by atoms with E-state index in [0.29, 0.717) is 0 Å². The van der Waals surface area contributed by atoms with Crippen LogP contribution in [-0.4, -0.2) is 35.2 Å². The Kier molecular flexibility index (Phi) is 6.53. The molecule has 2 aromatic rings. The van der Waals surface area contributed by atoms with E-state index in [2.05, 4.69) is 9.44 Å². The van der Waals surface area contributed by atoms with Gasteiger partial charge in [-0.25, -0.2) is 21.6 Å². The highest BCUT2D eigenvalue weighted by atomic mass is 32.2. The summed E-state index contributed by atoms with van der Waals surface area (Å²) in [4.78, 5) is 11.9. The van der Waals surface area contributed by atoms with Gasteiger partial charge >= 0.3 is 0 Å². The Labute approximate surface area is 159 Å². The lowest BCUT2D eigenvalue weighted by Gasteiger charge is -2.17. The zero-order valence-corrected chi connectivity index (χ0v) is 16.9. The van der Waals surface area contributed by atoms with Crippen LogP contribution in [0, 0.1) is 13.8 Å². The van der Waals surface area contributed by atoms with Crippen molar-refractivity contribution >= 4 is 25.8 Å². The summed E-state index contributed by atoms with van der Waals surface area (Å²) in [6.45, 7) is 4.46. The van der Waals surface area contributed by atoms with Gasteiger partial charge in [0.05, 0.1) is 15.8 Å². The van der Waals surface area contributed by atoms with E-state index in [1.54, 1.807) is 24.3 Å². The molecule has 0 aromatic heterocycles. The summed E-state index contributed by atoms with van der Waals surface area (Å²) in [6, 6.07) is 11.1. The molecule has 0 bridgehead atoms. The zero-order chi connectivity index (χ0) is 20.2. The van der Waals surface area contributed by atoms with Gasteiger partial charge in [0.25, 0.3) is 0 Å². The summed E-state index contributed by atoms with van der Waals surface area (Å²) in [6.07, 6.45) is 0. The number of hydrogen-bond donors (Lipinski definition) is 2. The molecule has 2 rings (SSSR count). The maximum atomic E-state index is 12.4. The van der Waals surface area contributed by atoms with Gasteiger partial charge in [0.2, 0.25) is 20.0 Å². The van der Waals surface area contributed by atoms with Crippen LogP contribution in [0.5, 0.6) is 0 Å². The molecule has 0 aliphatic carbocycles. The quantitative estimate of drug-likeness (QED) is 0.686. The summed E-state index contributed by atoms with van der Waals surface area (Å²) in [5.74, 6) is -0.503. The SMILES string of the molecule is CC(=O)C(CNS(=O)(=O)c1ccc(C)cc1)NS(=O)(=O)c1ccc(C)cc1. The van der Waals surface area contributed by atoms with Gasteiger partial charge < -0.3 is 0 Å². The van der Waals surface area contributed by atoms with Crippen LogP contribution in [0.1, 0.15) is 18.1 Å². The minimum absolute atomic E-state index is 0.000687. The van der Waals surface area contributed by atoms with Crippen LogP contribution in [0.3, 0.4) is 0 Å². The Balaban J connectivity index is 2.15. The van der Waals surface area contributed by atoms with Crippen molar-refractivity contribution in [3.63, 3.8) is 0 Å². The molecule has 0 aliphatic rings. The van der Waals surface area contributed by atoms with Crippen molar-refractivity contribution in [3.8, 4) is 0 Å². The molecule has 2 aromatic carbocycles. The Morgan fingerprint density at radius 1 is 0.815 bits per heavy atom. The lowest BCUT2D eigenvalue weighted by atomic mass is 10.2. The average Bonchev–Trinajstić information content (AvgIpc) is 2.59. The largest absolute Gasteiger partial charge is 0.298 e. The zero-order valence-electron chi connectivity index (χ0n) is 15.3. The van der Waals surface area contributed by atoms with Crippen molar-refractivity contribution < 1.29 is 21.6 Å². The maximum Gasteiger partial charge on any atom is 0.241 e. The number of nitrogens with one attached hydrogen (secondary N) is 2. The molecule has 0 saturated heterocycles. The normalized spacial score (nSPS) is 13.3. The first kappa shape index (κ1) is 21.2. The van der Waals surface area contributed by atoms with Crippen LogP contribution in [-0.2, 0) is 24.8 Å². The fraction of sp³-hybridized carbons (Fsp3) is 0.278. The van der Waals surface area contributed by atoms with E-state index in [1.165, 1.54) is 31.2 Å². The van der Waals surface area contributed by atoms with E-state index in [1.807, 2.05) is 13.8 Å². The molecule has 1 unspecified atom stereocenters. The summed E-state index contributed by atoms with van der Waals surface area (Å²) in [5, 5.41) is 0. The third kappa shape index (κ3) is 5.70. The van der Waals surface area contributed by atoms with E-state index in [4.69, 9.17) is 0 Å². The average molecular weight is 411 g/mol. The fourth-order valence-electron chi connectivity index (χ4n) is 2.23. The molecule has 0 heterocycles. The molecule has 0 amide bonds. The molecule has 1 atom stereocenters. The summed E-state index contributed by atoms with van der Waals surface area (Å²) >= 11 is 0. The third-order valence-electron chi connectivity index (χ3n) is 3.93. The lowest BCUT2D eigenvalue weighted by molar-refractivity contribution is -0.118. The first-order valence-electron chi connectivity index (χ1n) is 8.17. The van der Waals surface area contributed by atoms with Crippen molar-refractivity contribution in [3.05, 3.63) is 59.7 Å². The molecular formula is C18H22N2O5S2. The van der Waals surface area contributed by atoms with Crippen molar-refractivity contribution in [2.45, 2.75) is 36.6 Å². The van der Waals surface area contributed by atoms with Crippen LogP contribution in [0.25, 0.3) is 0 Å². The number of carbonyl (C=O) groups excluding carboxylic acids is 1. The number of carbonyl (C=O) groups is 1. The molecule has 27 heavy (non-hydrogen) atoms. The molecule has 146 valence electrons. The molecular weight excluding hydrogens is 388 g/mol. The molecule has 0 fully saturated rings. The Morgan fingerprint density at radius 2 is 1.22 bits per heavy atom. The number of rotatable bonds is 8. The monoisotopic (exact) mass is 410 g/mol. The second kappa shape index (κ2) is 8.30. The van der Waals surface area contributed by atoms with Crippen molar-refractivity contribution in [2.75, 3.05) is 6.54 Å². The number of benzene rings is 2. The minimum atomic E-state index is -3.96. The van der Waals surface area contributed by atoms with E-state index in [9.17, 15) is 21.6 Å². The van der Waals surface area contributed by atoms with Crippen LogP contribution in [0.2, 0.25) is 0 Å². The molecule has 0 aliphatic heterocycles. The Hall–Kier alpha value is -2.07. The highest BCUT2D eigenvalue weighted by Gasteiger charge is 2.25. The number of ketones is 1. The summed E-state index contributed by atoms with van der Waals surface area (Å²) < 4.78 is 54.1. The number of sulfonamides is 2. The first-order chi connectivity index (χ1) is 12.5. The molecule has 2 N–H and O–H groups in total. The predicted octanol–water partition coefficient (Wildman–Crippen LogP) is 1.52. The minimum Gasteiger partial charge on any atom is -0.298 e. The highest BCUT2D eigenvalue weighted by Crippen LogP contribution is 2.12. The van der Waals surface area contributed by atoms with E-state index < -0.39 is 38.4 Å². The van der Waals surface area contributed by atoms with Crippen LogP contribution < -0.4 is 9.44 Å². The topological polar surface area (TPSA) is 109 Å². The molecule has 0 radical (unpaired) electrons. The number of Topliss-reactive ketones (excluding diaryl/α,β-unsaturated/α-hetero) is 1. The first-order valence-corrected chi connectivity index (χ1v) is 11.1. The van der Waals surface area contributed by atoms with Gasteiger partial charge in [-0.2, -0.15) is 4.72 Å². The Bertz CT molecular complexity index is 1010. The predicted molar refractivity (Wildman–Crippen MR) is 102 cm³/mol. The smallest absolute Gasteiger partial charge is 0.241 e. The fourth-order valence-corrected chi connectivity index (χ4v) is 4.54. The van der Waals surface area contributed by atoms with Gasteiger partial charge in [-0.3, -0.25) is 4.79 Å². The summed E-state index contributed by atoms with van der Waals surface area (Å²) in [5.41, 5.74) is 1.80. The van der Waals surface area contributed by atoms with Crippen LogP contribution >= 0.6 is 0 Å². The van der Waals surface area contributed by atoms with Crippen molar-refractivity contribution in [1.29, 1.82) is 0 Å². The second-order valence-corrected chi connectivity index (χ2v) is 9.74. The number of aryl methyl sites for hydroxylation is 2. The van der Waals surface area contributed by atoms with Crippen molar-refractivity contribution in [2.24, 2.45) is 0 Å². The van der Waals surface area contributed by atoms with Crippen LogP contribution in [0.15, 0.2) is 58.3 Å². The van der Waals surface area contributed by atoms with Gasteiger partial charge in [0.1, 0.15) is 5.78 Å². The van der Waals surface area contributed by atoms with Crippen LogP contribution in [0.4, 0.5) is 0 Å². The van der Waals surface area contributed by atoms with Gasteiger partial charge in [-0.05, 0) is 45.0 Å². The van der Waals surface area contributed by atoms with E-state index in [0.717, 1.165) is 11.1 Å². The van der Waals surface area contributed by atoms with Gasteiger partial charge in [0, 0.05) is 6.54 Å². The summed E-state index contributed by atoms with van der Waals surface area (Å²) in [7, 11) is -7.83. The molecule has 7 nitrogen and oxygen atoms in total. The lowest BCUT2D eigenvalue weighted by Crippen LogP contribution is -2.47. The highest BCUT2D eigenvalue weighted by molar-refractivity contribution is 7.90. The Morgan fingerprint density at radius 3 is 1.63 bits per heavy atom. The van der Waals surface area contributed by atoms with E-state index >= 15 is 0 Å².